The fraction of sp³-hybridized carbons (Fsp3) is 0.118. The lowest BCUT2D eigenvalue weighted by Crippen LogP contribution is -2.13. The van der Waals surface area contributed by atoms with Gasteiger partial charge in [0.2, 0.25) is 11.1 Å². The van der Waals surface area contributed by atoms with Crippen LogP contribution in [0.25, 0.3) is 11.1 Å². The number of amides is 1. The number of anilines is 1. The molecule has 2 aromatic carbocycles. The molecule has 1 N–H and O–H groups in total. The maximum Gasteiger partial charge on any atom is 0.234 e. The maximum absolute atomic E-state index is 12.0. The number of thioether (sulfide) groups is 2. The second kappa shape index (κ2) is 8.32. The molecule has 1 aromatic heterocycles. The molecule has 0 aliphatic rings. The van der Waals surface area contributed by atoms with Crippen LogP contribution in [0, 0.1) is 0 Å². The van der Waals surface area contributed by atoms with Gasteiger partial charge in [-0.05, 0) is 41.0 Å². The number of hydrogen-bond acceptors (Lipinski definition) is 6. The van der Waals surface area contributed by atoms with Gasteiger partial charge in [-0.3, -0.25) is 4.79 Å². The summed E-state index contributed by atoms with van der Waals surface area (Å²) in [4.78, 5) is 16.3. The summed E-state index contributed by atoms with van der Waals surface area (Å²) in [5.41, 5.74) is 3.08. The normalized spacial score (nSPS) is 10.5. The molecule has 3 rings (SSSR count). The van der Waals surface area contributed by atoms with E-state index in [1.807, 2.05) is 48.7 Å². The molecule has 0 saturated carbocycles. The average Bonchev–Trinajstić information content (AvgIpc) is 3.10. The van der Waals surface area contributed by atoms with Gasteiger partial charge in [0, 0.05) is 5.69 Å². The molecule has 0 atom stereocenters. The van der Waals surface area contributed by atoms with E-state index in [4.69, 9.17) is 0 Å². The summed E-state index contributed by atoms with van der Waals surface area (Å²) in [6.45, 7) is 0. The lowest BCUT2D eigenvalue weighted by atomic mass is 10.1. The van der Waals surface area contributed by atoms with Crippen LogP contribution in [-0.2, 0) is 4.79 Å². The zero-order valence-corrected chi connectivity index (χ0v) is 15.4. The second-order valence-corrected chi connectivity index (χ2v) is 7.57. The van der Waals surface area contributed by atoms with Crippen LogP contribution in [0.2, 0.25) is 0 Å². The van der Waals surface area contributed by atoms with E-state index in [-0.39, 0.29) is 5.91 Å². The van der Waals surface area contributed by atoms with E-state index in [1.165, 1.54) is 35.1 Å². The van der Waals surface area contributed by atoms with Crippen molar-refractivity contribution in [1.29, 1.82) is 0 Å². The second-order valence-electron chi connectivity index (χ2n) is 4.83. The zero-order chi connectivity index (χ0) is 16.8. The third-order valence-electron chi connectivity index (χ3n) is 3.17. The number of benzene rings is 2. The highest BCUT2D eigenvalue weighted by atomic mass is 32.2. The smallest absolute Gasteiger partial charge is 0.234 e. The van der Waals surface area contributed by atoms with Gasteiger partial charge < -0.3 is 5.32 Å². The van der Waals surface area contributed by atoms with Crippen LogP contribution in [0.3, 0.4) is 0 Å². The molecule has 4 nitrogen and oxygen atoms in total. The lowest BCUT2D eigenvalue weighted by Gasteiger charge is -2.06. The van der Waals surface area contributed by atoms with E-state index in [2.05, 4.69) is 26.8 Å². The monoisotopic (exact) mass is 373 g/mol. The highest BCUT2D eigenvalue weighted by Crippen LogP contribution is 2.24. The highest BCUT2D eigenvalue weighted by Gasteiger charge is 2.08. The fourth-order valence-corrected chi connectivity index (χ4v) is 4.05. The van der Waals surface area contributed by atoms with Gasteiger partial charge in [0.1, 0.15) is 0 Å². The Hall–Kier alpha value is -1.83. The average molecular weight is 374 g/mol. The van der Waals surface area contributed by atoms with E-state index >= 15 is 0 Å². The maximum atomic E-state index is 12.0. The molecule has 122 valence electrons. The van der Waals surface area contributed by atoms with Gasteiger partial charge in [0.05, 0.1) is 5.75 Å². The van der Waals surface area contributed by atoms with E-state index < -0.39 is 0 Å². The summed E-state index contributed by atoms with van der Waals surface area (Å²) < 4.78 is 4.99. The Morgan fingerprint density at radius 2 is 1.79 bits per heavy atom. The molecule has 1 amide bonds. The molecular weight excluding hydrogens is 358 g/mol. The largest absolute Gasteiger partial charge is 0.325 e. The van der Waals surface area contributed by atoms with Crippen LogP contribution in [0.15, 0.2) is 64.1 Å². The first-order valence-corrected chi connectivity index (χ1v) is 10.2. The fourth-order valence-electron chi connectivity index (χ4n) is 2.04. The Labute approximate surface area is 153 Å². The molecule has 0 bridgehead atoms. The summed E-state index contributed by atoms with van der Waals surface area (Å²) in [7, 11) is 0. The third-order valence-corrected chi connectivity index (χ3v) is 5.67. The van der Waals surface area contributed by atoms with Crippen LogP contribution < -0.4 is 5.32 Å². The predicted octanol–water partition coefficient (Wildman–Crippen LogP) is 4.66. The van der Waals surface area contributed by atoms with Crippen molar-refractivity contribution in [3.05, 3.63) is 54.6 Å². The first-order valence-electron chi connectivity index (χ1n) is 7.20. The molecule has 24 heavy (non-hydrogen) atoms. The summed E-state index contributed by atoms with van der Waals surface area (Å²) >= 11 is 4.23. The Kier molecular flexibility index (Phi) is 5.90. The van der Waals surface area contributed by atoms with Gasteiger partial charge in [-0.25, -0.2) is 4.98 Å². The molecule has 7 heteroatoms. The van der Waals surface area contributed by atoms with E-state index in [0.29, 0.717) is 5.75 Å². The van der Waals surface area contributed by atoms with Crippen LogP contribution in [0.4, 0.5) is 5.69 Å². The molecule has 0 unspecified atom stereocenters. The number of nitrogens with one attached hydrogen (secondary N) is 1. The third kappa shape index (κ3) is 4.59. The Morgan fingerprint density at radius 3 is 2.46 bits per heavy atom. The molecular formula is C17H15N3OS3. The van der Waals surface area contributed by atoms with Crippen LogP contribution in [0.1, 0.15) is 0 Å². The van der Waals surface area contributed by atoms with E-state index in [0.717, 1.165) is 26.3 Å². The SMILES string of the molecule is CSc1nsc(SCC(=O)Nc2ccc(-c3ccccc3)cc2)n1. The standard InChI is InChI=1S/C17H15N3OS3/c1-22-16-19-17(24-20-16)23-11-15(21)18-14-9-7-13(8-10-14)12-5-3-2-4-6-12/h2-10H,11H2,1H3,(H,18,21). The van der Waals surface area contributed by atoms with E-state index in [9.17, 15) is 4.79 Å². The number of aromatic nitrogens is 2. The first-order chi connectivity index (χ1) is 11.7. The molecule has 0 saturated heterocycles. The van der Waals surface area contributed by atoms with Gasteiger partial charge in [-0.1, -0.05) is 66.0 Å². The Balaban J connectivity index is 1.54. The number of nitrogens with zero attached hydrogens (tertiary/aromatic N) is 2. The van der Waals surface area contributed by atoms with Crippen LogP contribution >= 0.6 is 35.1 Å². The quantitative estimate of drug-likeness (QED) is 0.637. The first kappa shape index (κ1) is 17.0. The molecule has 0 fully saturated rings. The Bertz CT molecular complexity index is 803. The zero-order valence-electron chi connectivity index (χ0n) is 12.9. The van der Waals surface area contributed by atoms with Crippen molar-refractivity contribution in [3.8, 4) is 11.1 Å². The highest BCUT2D eigenvalue weighted by molar-refractivity contribution is 8.01. The molecule has 0 radical (unpaired) electrons. The minimum absolute atomic E-state index is 0.0478. The summed E-state index contributed by atoms with van der Waals surface area (Å²) in [6.07, 6.45) is 1.93. The number of carbonyl (C=O) groups is 1. The van der Waals surface area contributed by atoms with Crippen LogP contribution in [0.5, 0.6) is 0 Å². The molecule has 0 spiro atoms. The van der Waals surface area contributed by atoms with Crippen molar-refractivity contribution in [1.82, 2.24) is 9.36 Å². The van der Waals surface area contributed by atoms with Gasteiger partial charge in [0.15, 0.2) is 4.34 Å². The van der Waals surface area contributed by atoms with Gasteiger partial charge in [0.25, 0.3) is 0 Å². The predicted molar refractivity (Wildman–Crippen MR) is 103 cm³/mol. The van der Waals surface area contributed by atoms with Crippen molar-refractivity contribution >= 4 is 46.7 Å². The van der Waals surface area contributed by atoms with Crippen molar-refractivity contribution in [3.63, 3.8) is 0 Å². The van der Waals surface area contributed by atoms with Crippen molar-refractivity contribution in [2.75, 3.05) is 17.3 Å². The number of carbonyl (C=O) groups excluding carboxylic acids is 1. The van der Waals surface area contributed by atoms with Crippen molar-refractivity contribution < 1.29 is 4.79 Å². The molecule has 3 aromatic rings. The summed E-state index contributed by atoms with van der Waals surface area (Å²) in [5, 5.41) is 3.65. The molecule has 0 aliphatic carbocycles. The van der Waals surface area contributed by atoms with Crippen molar-refractivity contribution in [2.45, 2.75) is 9.50 Å². The summed E-state index contributed by atoms with van der Waals surface area (Å²) in [6, 6.07) is 18.0. The topological polar surface area (TPSA) is 54.9 Å². The van der Waals surface area contributed by atoms with Gasteiger partial charge in [-0.15, -0.1) is 0 Å². The number of hydrogen-bond donors (Lipinski definition) is 1. The lowest BCUT2D eigenvalue weighted by molar-refractivity contribution is -0.113. The minimum atomic E-state index is -0.0478. The summed E-state index contributed by atoms with van der Waals surface area (Å²) in [5.74, 6) is 0.275. The minimum Gasteiger partial charge on any atom is -0.325 e. The Morgan fingerprint density at radius 1 is 1.08 bits per heavy atom. The molecule has 1 heterocycles. The van der Waals surface area contributed by atoms with Gasteiger partial charge in [-0.2, -0.15) is 4.37 Å². The van der Waals surface area contributed by atoms with Gasteiger partial charge >= 0.3 is 0 Å². The molecule has 0 aliphatic heterocycles. The van der Waals surface area contributed by atoms with E-state index in [1.54, 1.807) is 0 Å². The van der Waals surface area contributed by atoms with Crippen molar-refractivity contribution in [2.24, 2.45) is 0 Å². The number of rotatable bonds is 6. The van der Waals surface area contributed by atoms with Crippen LogP contribution in [-0.4, -0.2) is 27.3 Å².